The van der Waals surface area contributed by atoms with E-state index in [0.29, 0.717) is 24.4 Å². The highest BCUT2D eigenvalue weighted by atomic mass is 16.5. The minimum Gasteiger partial charge on any atom is -0.497 e. The van der Waals surface area contributed by atoms with E-state index >= 15 is 0 Å². The van der Waals surface area contributed by atoms with E-state index in [1.54, 1.807) is 20.3 Å². The smallest absolute Gasteiger partial charge is 0.319 e. The Morgan fingerprint density at radius 1 is 1.05 bits per heavy atom. The molecule has 2 aromatic rings. The van der Waals surface area contributed by atoms with Crippen molar-refractivity contribution in [1.82, 2.24) is 5.32 Å². The fourth-order valence-corrected chi connectivity index (χ4v) is 2.10. The molecule has 2 aromatic carbocycles. The van der Waals surface area contributed by atoms with Gasteiger partial charge in [0.05, 0.1) is 14.2 Å². The van der Waals surface area contributed by atoms with Crippen LogP contribution in [0.1, 0.15) is 5.56 Å². The fraction of sp³-hybridized carbons (Fsp3) is 0.235. The van der Waals surface area contributed by atoms with Gasteiger partial charge in [-0.15, -0.1) is 0 Å². The van der Waals surface area contributed by atoms with Gasteiger partial charge in [-0.25, -0.2) is 4.79 Å². The van der Waals surface area contributed by atoms with Gasteiger partial charge in [-0.2, -0.15) is 0 Å². The van der Waals surface area contributed by atoms with Gasteiger partial charge in [-0.05, 0) is 30.2 Å². The molecule has 116 valence electrons. The van der Waals surface area contributed by atoms with Crippen LogP contribution in [0.25, 0.3) is 0 Å². The lowest BCUT2D eigenvalue weighted by Gasteiger charge is -2.10. The summed E-state index contributed by atoms with van der Waals surface area (Å²) < 4.78 is 10.4. The molecule has 2 N–H and O–H groups in total. The molecule has 0 saturated carbocycles. The lowest BCUT2D eigenvalue weighted by atomic mass is 10.1. The third-order valence-corrected chi connectivity index (χ3v) is 3.20. The molecule has 5 heteroatoms. The Hall–Kier alpha value is -2.69. The van der Waals surface area contributed by atoms with Crippen molar-refractivity contribution in [3.63, 3.8) is 0 Å². The highest BCUT2D eigenvalue weighted by molar-refractivity contribution is 5.89. The van der Waals surface area contributed by atoms with Crippen LogP contribution in [0.4, 0.5) is 10.5 Å². The monoisotopic (exact) mass is 300 g/mol. The third kappa shape index (κ3) is 4.41. The van der Waals surface area contributed by atoms with E-state index in [9.17, 15) is 4.79 Å². The van der Waals surface area contributed by atoms with Crippen LogP contribution in [0.2, 0.25) is 0 Å². The Kier molecular flexibility index (Phi) is 5.65. The average molecular weight is 300 g/mol. The molecule has 2 rings (SSSR count). The molecule has 0 fully saturated rings. The molecule has 0 atom stereocenters. The number of hydrogen-bond donors (Lipinski definition) is 2. The highest BCUT2D eigenvalue weighted by Gasteiger charge is 2.04. The van der Waals surface area contributed by atoms with Crippen LogP contribution in [-0.4, -0.2) is 26.8 Å². The molecule has 5 nitrogen and oxygen atoms in total. The molecule has 0 spiro atoms. The zero-order valence-electron chi connectivity index (χ0n) is 12.8. The zero-order valence-corrected chi connectivity index (χ0v) is 12.8. The Morgan fingerprint density at radius 3 is 2.64 bits per heavy atom. The molecule has 0 aromatic heterocycles. The van der Waals surface area contributed by atoms with Gasteiger partial charge in [0, 0.05) is 18.3 Å². The summed E-state index contributed by atoms with van der Waals surface area (Å²) >= 11 is 0. The average Bonchev–Trinajstić information content (AvgIpc) is 2.55. The Bertz CT molecular complexity index is 629. The van der Waals surface area contributed by atoms with Crippen LogP contribution in [0, 0.1) is 0 Å². The molecule has 0 heterocycles. The first-order valence-corrected chi connectivity index (χ1v) is 7.03. The molecule has 0 aliphatic carbocycles. The van der Waals surface area contributed by atoms with Gasteiger partial charge in [-0.3, -0.25) is 0 Å². The summed E-state index contributed by atoms with van der Waals surface area (Å²) in [6.45, 7) is 0.524. The third-order valence-electron chi connectivity index (χ3n) is 3.20. The summed E-state index contributed by atoms with van der Waals surface area (Å²) in [5.74, 6) is 1.53. The summed E-state index contributed by atoms with van der Waals surface area (Å²) in [6, 6.07) is 14.7. The molecule has 22 heavy (non-hydrogen) atoms. The number of rotatable bonds is 6. The normalized spacial score (nSPS) is 9.91. The van der Waals surface area contributed by atoms with E-state index in [4.69, 9.17) is 9.47 Å². The number of nitrogens with one attached hydrogen (secondary N) is 2. The van der Waals surface area contributed by atoms with E-state index in [1.165, 1.54) is 0 Å². The lowest BCUT2D eigenvalue weighted by molar-refractivity contribution is 0.252. The number of para-hydroxylation sites is 1. The van der Waals surface area contributed by atoms with Crippen molar-refractivity contribution in [3.8, 4) is 11.5 Å². The first kappa shape index (κ1) is 15.7. The number of methoxy groups -OCH3 is 2. The number of amides is 2. The van der Waals surface area contributed by atoms with Crippen LogP contribution in [0.5, 0.6) is 11.5 Å². The molecule has 0 aliphatic heterocycles. The summed E-state index contributed by atoms with van der Waals surface area (Å²) in [5.41, 5.74) is 1.75. The van der Waals surface area contributed by atoms with Gasteiger partial charge in [0.15, 0.2) is 0 Å². The Balaban J connectivity index is 1.82. The SMILES string of the molecule is COc1cccc(NC(=O)NCCc2ccccc2OC)c1. The largest absolute Gasteiger partial charge is 0.497 e. The number of carbonyl (C=O) groups is 1. The van der Waals surface area contributed by atoms with Crippen molar-refractivity contribution in [3.05, 3.63) is 54.1 Å². The lowest BCUT2D eigenvalue weighted by Crippen LogP contribution is -2.30. The second-order valence-corrected chi connectivity index (χ2v) is 4.67. The minimum absolute atomic E-state index is 0.247. The van der Waals surface area contributed by atoms with E-state index in [-0.39, 0.29) is 6.03 Å². The number of carbonyl (C=O) groups excluding carboxylic acids is 1. The first-order valence-electron chi connectivity index (χ1n) is 7.03. The van der Waals surface area contributed by atoms with Crippen LogP contribution < -0.4 is 20.1 Å². The van der Waals surface area contributed by atoms with Gasteiger partial charge in [0.25, 0.3) is 0 Å². The number of anilines is 1. The van der Waals surface area contributed by atoms with Crippen molar-refractivity contribution in [2.75, 3.05) is 26.1 Å². The van der Waals surface area contributed by atoms with Crippen molar-refractivity contribution >= 4 is 11.7 Å². The molecule has 0 radical (unpaired) electrons. The number of hydrogen-bond acceptors (Lipinski definition) is 3. The number of urea groups is 1. The van der Waals surface area contributed by atoms with E-state index in [2.05, 4.69) is 10.6 Å². The molecule has 2 amide bonds. The second kappa shape index (κ2) is 7.93. The maximum atomic E-state index is 11.9. The summed E-state index contributed by atoms with van der Waals surface area (Å²) in [5, 5.41) is 5.59. The number of benzene rings is 2. The maximum Gasteiger partial charge on any atom is 0.319 e. The molecule has 0 bridgehead atoms. The Morgan fingerprint density at radius 2 is 1.86 bits per heavy atom. The van der Waals surface area contributed by atoms with Gasteiger partial charge in [0.1, 0.15) is 11.5 Å². The standard InChI is InChI=1S/C17H20N2O3/c1-21-15-8-5-7-14(12-15)19-17(20)18-11-10-13-6-3-4-9-16(13)22-2/h3-9,12H,10-11H2,1-2H3,(H2,18,19,20). The van der Waals surface area contributed by atoms with Crippen molar-refractivity contribution in [2.45, 2.75) is 6.42 Å². The van der Waals surface area contributed by atoms with Crippen molar-refractivity contribution in [1.29, 1.82) is 0 Å². The van der Waals surface area contributed by atoms with E-state index in [1.807, 2.05) is 42.5 Å². The molecule has 0 saturated heterocycles. The maximum absolute atomic E-state index is 11.9. The molecular weight excluding hydrogens is 280 g/mol. The van der Waals surface area contributed by atoms with Crippen LogP contribution in [0.3, 0.4) is 0 Å². The predicted octanol–water partition coefficient (Wildman–Crippen LogP) is 3.07. The van der Waals surface area contributed by atoms with Crippen molar-refractivity contribution in [2.24, 2.45) is 0 Å². The second-order valence-electron chi connectivity index (χ2n) is 4.67. The van der Waals surface area contributed by atoms with Gasteiger partial charge in [0.2, 0.25) is 0 Å². The molecular formula is C17H20N2O3. The van der Waals surface area contributed by atoms with Crippen molar-refractivity contribution < 1.29 is 14.3 Å². The first-order chi connectivity index (χ1) is 10.7. The number of ether oxygens (including phenoxy) is 2. The van der Waals surface area contributed by atoms with Crippen LogP contribution >= 0.6 is 0 Å². The van der Waals surface area contributed by atoms with Crippen LogP contribution in [-0.2, 0) is 6.42 Å². The predicted molar refractivity (Wildman–Crippen MR) is 86.7 cm³/mol. The zero-order chi connectivity index (χ0) is 15.8. The highest BCUT2D eigenvalue weighted by Crippen LogP contribution is 2.18. The fourth-order valence-electron chi connectivity index (χ4n) is 2.10. The Labute approximate surface area is 130 Å². The van der Waals surface area contributed by atoms with Gasteiger partial charge < -0.3 is 20.1 Å². The van der Waals surface area contributed by atoms with Gasteiger partial charge in [-0.1, -0.05) is 24.3 Å². The summed E-state index contributed by atoms with van der Waals surface area (Å²) in [4.78, 5) is 11.9. The topological polar surface area (TPSA) is 59.6 Å². The minimum atomic E-state index is -0.247. The molecule has 0 unspecified atom stereocenters. The summed E-state index contributed by atoms with van der Waals surface area (Å²) in [7, 11) is 3.23. The molecule has 0 aliphatic rings. The quantitative estimate of drug-likeness (QED) is 0.862. The van der Waals surface area contributed by atoms with E-state index in [0.717, 1.165) is 11.3 Å². The summed E-state index contributed by atoms with van der Waals surface area (Å²) in [6.07, 6.45) is 0.704. The van der Waals surface area contributed by atoms with Gasteiger partial charge >= 0.3 is 6.03 Å². The van der Waals surface area contributed by atoms with Crippen LogP contribution in [0.15, 0.2) is 48.5 Å². The van der Waals surface area contributed by atoms with E-state index < -0.39 is 0 Å².